The average Bonchev–Trinajstić information content (AvgIpc) is 2.24. The molecule has 1 aromatic carbocycles. The molecule has 0 bridgehead atoms. The van der Waals surface area contributed by atoms with Crippen LogP contribution in [0.3, 0.4) is 0 Å². The number of benzene rings is 1. The molecule has 16 heavy (non-hydrogen) atoms. The van der Waals surface area contributed by atoms with Crippen molar-refractivity contribution in [3.05, 3.63) is 34.6 Å². The van der Waals surface area contributed by atoms with Crippen molar-refractivity contribution in [2.45, 2.75) is 13.5 Å². The van der Waals surface area contributed by atoms with E-state index < -0.39 is 41.2 Å². The minimum Gasteiger partial charge on any atom is -0.462 e. The number of aliphatic hydroxyl groups is 1. The standard InChI is InChI=1S/C10H9F3O3/c1-2-16-10(15)5-3-7(11)9(13)6(4-14)8(5)12/h3,14H,2,4H2,1H3. The van der Waals surface area contributed by atoms with Crippen LogP contribution in [0.15, 0.2) is 6.07 Å². The van der Waals surface area contributed by atoms with E-state index in [1.54, 1.807) is 0 Å². The molecule has 0 aliphatic rings. The second-order valence-corrected chi connectivity index (χ2v) is 2.89. The van der Waals surface area contributed by atoms with Crippen LogP contribution in [0.4, 0.5) is 13.2 Å². The van der Waals surface area contributed by atoms with Gasteiger partial charge in [-0.1, -0.05) is 0 Å². The maximum atomic E-state index is 13.4. The molecule has 0 fully saturated rings. The summed E-state index contributed by atoms with van der Waals surface area (Å²) in [6.07, 6.45) is 0. The van der Waals surface area contributed by atoms with E-state index in [2.05, 4.69) is 4.74 Å². The fourth-order valence-electron chi connectivity index (χ4n) is 1.15. The highest BCUT2D eigenvalue weighted by Crippen LogP contribution is 2.20. The van der Waals surface area contributed by atoms with E-state index in [-0.39, 0.29) is 6.61 Å². The Morgan fingerprint density at radius 3 is 2.50 bits per heavy atom. The fourth-order valence-corrected chi connectivity index (χ4v) is 1.15. The van der Waals surface area contributed by atoms with Gasteiger partial charge in [-0.3, -0.25) is 0 Å². The molecule has 0 amide bonds. The molecule has 1 aromatic rings. The molecule has 0 saturated carbocycles. The predicted octanol–water partition coefficient (Wildman–Crippen LogP) is 1.77. The summed E-state index contributed by atoms with van der Waals surface area (Å²) in [5.74, 6) is -5.32. The third-order valence-corrected chi connectivity index (χ3v) is 1.90. The molecule has 1 N–H and O–H groups in total. The van der Waals surface area contributed by atoms with E-state index in [0.29, 0.717) is 6.07 Å². The van der Waals surface area contributed by atoms with Crippen molar-refractivity contribution >= 4 is 5.97 Å². The van der Waals surface area contributed by atoms with Gasteiger partial charge in [0.15, 0.2) is 11.6 Å². The Hall–Kier alpha value is -1.56. The SMILES string of the molecule is CCOC(=O)c1cc(F)c(F)c(CO)c1F. The molecule has 0 aliphatic heterocycles. The van der Waals surface area contributed by atoms with Crippen LogP contribution < -0.4 is 0 Å². The highest BCUT2D eigenvalue weighted by Gasteiger charge is 2.22. The first-order valence-corrected chi connectivity index (χ1v) is 4.47. The number of hydrogen-bond donors (Lipinski definition) is 1. The highest BCUT2D eigenvalue weighted by atomic mass is 19.2. The summed E-state index contributed by atoms with van der Waals surface area (Å²) in [5.41, 5.74) is -1.62. The van der Waals surface area contributed by atoms with E-state index in [9.17, 15) is 18.0 Å². The van der Waals surface area contributed by atoms with E-state index in [0.717, 1.165) is 0 Å². The first-order valence-electron chi connectivity index (χ1n) is 4.47. The zero-order valence-corrected chi connectivity index (χ0v) is 8.39. The minimum absolute atomic E-state index is 0.0221. The molecular weight excluding hydrogens is 225 g/mol. The highest BCUT2D eigenvalue weighted by molar-refractivity contribution is 5.90. The Labute approximate surface area is 89.5 Å². The normalized spacial score (nSPS) is 10.3. The van der Waals surface area contributed by atoms with Gasteiger partial charge in [-0.15, -0.1) is 0 Å². The molecule has 0 saturated heterocycles. The van der Waals surface area contributed by atoms with Crippen molar-refractivity contribution in [2.24, 2.45) is 0 Å². The number of aliphatic hydroxyl groups excluding tert-OH is 1. The summed E-state index contributed by atoms with van der Waals surface area (Å²) in [6.45, 7) is 0.427. The average molecular weight is 234 g/mol. The number of rotatable bonds is 3. The van der Waals surface area contributed by atoms with Crippen molar-refractivity contribution in [3.63, 3.8) is 0 Å². The second kappa shape index (κ2) is 4.98. The van der Waals surface area contributed by atoms with Crippen LogP contribution in [0.25, 0.3) is 0 Å². The molecule has 0 radical (unpaired) electrons. The van der Waals surface area contributed by atoms with Crippen LogP contribution in [0.1, 0.15) is 22.8 Å². The van der Waals surface area contributed by atoms with Gasteiger partial charge >= 0.3 is 5.97 Å². The van der Waals surface area contributed by atoms with Crippen molar-refractivity contribution in [1.82, 2.24) is 0 Å². The van der Waals surface area contributed by atoms with Gasteiger partial charge in [0.25, 0.3) is 0 Å². The quantitative estimate of drug-likeness (QED) is 0.640. The fraction of sp³-hybridized carbons (Fsp3) is 0.300. The van der Waals surface area contributed by atoms with Crippen LogP contribution in [-0.2, 0) is 11.3 Å². The van der Waals surface area contributed by atoms with Crippen LogP contribution in [0, 0.1) is 17.5 Å². The number of ether oxygens (including phenoxy) is 1. The van der Waals surface area contributed by atoms with Gasteiger partial charge in [-0.25, -0.2) is 18.0 Å². The van der Waals surface area contributed by atoms with Crippen LogP contribution >= 0.6 is 0 Å². The molecule has 88 valence electrons. The lowest BCUT2D eigenvalue weighted by Crippen LogP contribution is -2.12. The Morgan fingerprint density at radius 2 is 2.00 bits per heavy atom. The van der Waals surface area contributed by atoms with Gasteiger partial charge in [0, 0.05) is 0 Å². The number of carbonyl (C=O) groups excluding carboxylic acids is 1. The number of hydrogen-bond acceptors (Lipinski definition) is 3. The van der Waals surface area contributed by atoms with Crippen molar-refractivity contribution in [1.29, 1.82) is 0 Å². The molecule has 0 atom stereocenters. The second-order valence-electron chi connectivity index (χ2n) is 2.89. The molecular formula is C10H9F3O3. The molecule has 0 unspecified atom stereocenters. The van der Waals surface area contributed by atoms with Crippen molar-refractivity contribution < 1.29 is 27.8 Å². The lowest BCUT2D eigenvalue weighted by molar-refractivity contribution is 0.0519. The lowest BCUT2D eigenvalue weighted by Gasteiger charge is -2.08. The van der Waals surface area contributed by atoms with E-state index in [1.807, 2.05) is 0 Å². The Morgan fingerprint density at radius 1 is 1.38 bits per heavy atom. The van der Waals surface area contributed by atoms with E-state index in [1.165, 1.54) is 6.92 Å². The molecule has 1 rings (SSSR count). The zero-order chi connectivity index (χ0) is 12.3. The van der Waals surface area contributed by atoms with Crippen molar-refractivity contribution in [3.8, 4) is 0 Å². The maximum absolute atomic E-state index is 13.4. The first-order chi connectivity index (χ1) is 7.52. The van der Waals surface area contributed by atoms with Gasteiger partial charge in [0.1, 0.15) is 5.82 Å². The van der Waals surface area contributed by atoms with Crippen molar-refractivity contribution in [2.75, 3.05) is 6.61 Å². The van der Waals surface area contributed by atoms with Gasteiger partial charge in [-0.2, -0.15) is 0 Å². The summed E-state index contributed by atoms with van der Waals surface area (Å²) in [6, 6.07) is 0.405. The topological polar surface area (TPSA) is 46.5 Å². The summed E-state index contributed by atoms with van der Waals surface area (Å²) < 4.78 is 43.8. The van der Waals surface area contributed by atoms with Crippen LogP contribution in [-0.4, -0.2) is 17.7 Å². The molecule has 0 heterocycles. The van der Waals surface area contributed by atoms with E-state index >= 15 is 0 Å². The lowest BCUT2D eigenvalue weighted by atomic mass is 10.1. The monoisotopic (exact) mass is 234 g/mol. The Kier molecular flexibility index (Phi) is 3.89. The molecule has 0 aliphatic carbocycles. The van der Waals surface area contributed by atoms with Gasteiger partial charge in [0.05, 0.1) is 24.3 Å². The van der Waals surface area contributed by atoms with Crippen LogP contribution in [0.5, 0.6) is 0 Å². The third kappa shape index (κ3) is 2.16. The Bertz CT molecular complexity index is 418. The first kappa shape index (κ1) is 12.5. The summed E-state index contributed by atoms with van der Waals surface area (Å²) in [7, 11) is 0. The minimum atomic E-state index is -1.51. The summed E-state index contributed by atoms with van der Waals surface area (Å²) >= 11 is 0. The van der Waals surface area contributed by atoms with E-state index in [4.69, 9.17) is 5.11 Å². The number of halogens is 3. The molecule has 6 heteroatoms. The third-order valence-electron chi connectivity index (χ3n) is 1.90. The number of esters is 1. The molecule has 0 spiro atoms. The maximum Gasteiger partial charge on any atom is 0.341 e. The molecule has 3 nitrogen and oxygen atoms in total. The largest absolute Gasteiger partial charge is 0.462 e. The predicted molar refractivity (Wildman–Crippen MR) is 48.2 cm³/mol. The summed E-state index contributed by atoms with van der Waals surface area (Å²) in [5, 5.41) is 8.66. The van der Waals surface area contributed by atoms with Gasteiger partial charge in [-0.05, 0) is 13.0 Å². The van der Waals surface area contributed by atoms with Gasteiger partial charge < -0.3 is 9.84 Å². The summed E-state index contributed by atoms with van der Waals surface area (Å²) in [4.78, 5) is 11.2. The van der Waals surface area contributed by atoms with Crippen LogP contribution in [0.2, 0.25) is 0 Å². The smallest absolute Gasteiger partial charge is 0.341 e. The Balaban J connectivity index is 3.31. The zero-order valence-electron chi connectivity index (χ0n) is 8.39. The number of carbonyl (C=O) groups is 1. The van der Waals surface area contributed by atoms with Gasteiger partial charge in [0.2, 0.25) is 0 Å². The molecule has 0 aromatic heterocycles.